The van der Waals surface area contributed by atoms with Crippen LogP contribution in [0.3, 0.4) is 0 Å². The third-order valence-electron chi connectivity index (χ3n) is 3.65. The minimum atomic E-state index is 0.430. The van der Waals surface area contributed by atoms with Crippen molar-refractivity contribution in [2.45, 2.75) is 44.6 Å². The Balaban J connectivity index is 2.06. The van der Waals surface area contributed by atoms with Gasteiger partial charge >= 0.3 is 0 Å². The molecule has 2 unspecified atom stereocenters. The molecule has 2 heteroatoms. The van der Waals surface area contributed by atoms with Crippen molar-refractivity contribution >= 4 is 0 Å². The molecule has 0 spiro atoms. The van der Waals surface area contributed by atoms with E-state index < -0.39 is 0 Å². The zero-order valence-electron chi connectivity index (χ0n) is 10.0. The predicted molar refractivity (Wildman–Crippen MR) is 67.9 cm³/mol. The molecule has 16 heavy (non-hydrogen) atoms. The van der Waals surface area contributed by atoms with Gasteiger partial charge < -0.3 is 0 Å². The van der Waals surface area contributed by atoms with Crippen molar-refractivity contribution in [2.75, 3.05) is 0 Å². The molecule has 1 fully saturated rings. The largest absolute Gasteiger partial charge is 0.271 e. The number of hydrogen-bond acceptors (Lipinski definition) is 2. The first kappa shape index (κ1) is 11.6. The summed E-state index contributed by atoms with van der Waals surface area (Å²) in [5.74, 6) is 7.18. The van der Waals surface area contributed by atoms with Gasteiger partial charge in [-0.05, 0) is 24.3 Å². The maximum Gasteiger partial charge on any atom is 0.0281 e. The van der Waals surface area contributed by atoms with E-state index in [4.69, 9.17) is 5.84 Å². The van der Waals surface area contributed by atoms with Crippen LogP contribution in [0, 0.1) is 5.92 Å². The molecule has 1 aliphatic carbocycles. The highest BCUT2D eigenvalue weighted by molar-refractivity contribution is 5.21. The maximum atomic E-state index is 5.71. The molecule has 2 nitrogen and oxygen atoms in total. The molecular formula is C14H22N2. The lowest BCUT2D eigenvalue weighted by molar-refractivity contribution is 0.389. The normalized spacial score (nSPS) is 19.4. The van der Waals surface area contributed by atoms with Crippen molar-refractivity contribution in [1.29, 1.82) is 0 Å². The summed E-state index contributed by atoms with van der Waals surface area (Å²) in [4.78, 5) is 0. The van der Waals surface area contributed by atoms with Crippen molar-refractivity contribution in [2.24, 2.45) is 11.8 Å². The summed E-state index contributed by atoms with van der Waals surface area (Å²) in [6, 6.07) is 11.2. The highest BCUT2D eigenvalue weighted by atomic mass is 15.2. The number of nitrogens with one attached hydrogen (secondary N) is 1. The third-order valence-corrected chi connectivity index (χ3v) is 3.65. The first-order valence-electron chi connectivity index (χ1n) is 6.36. The second kappa shape index (κ2) is 5.46. The van der Waals surface area contributed by atoms with E-state index in [1.54, 1.807) is 0 Å². The summed E-state index contributed by atoms with van der Waals surface area (Å²) in [6.07, 6.45) is 5.16. The van der Waals surface area contributed by atoms with E-state index in [0.717, 1.165) is 12.3 Å². The number of nitrogens with two attached hydrogens (primary N) is 1. The molecule has 1 aromatic carbocycles. The topological polar surface area (TPSA) is 38.0 Å². The summed E-state index contributed by atoms with van der Waals surface area (Å²) in [6.45, 7) is 2.24. The van der Waals surface area contributed by atoms with E-state index in [2.05, 4.69) is 42.7 Å². The molecule has 88 valence electrons. The molecular weight excluding hydrogens is 196 g/mol. The molecule has 1 aromatic rings. The SMILES string of the molecule is CCC(c1ccccc1)C(CC1CC1)NN. The molecule has 0 heterocycles. The van der Waals surface area contributed by atoms with Crippen molar-refractivity contribution in [3.05, 3.63) is 35.9 Å². The van der Waals surface area contributed by atoms with E-state index in [1.807, 2.05) is 0 Å². The zero-order valence-corrected chi connectivity index (χ0v) is 10.0. The van der Waals surface area contributed by atoms with Gasteiger partial charge in [-0.3, -0.25) is 11.3 Å². The predicted octanol–water partition coefficient (Wildman–Crippen LogP) is 2.81. The first-order valence-corrected chi connectivity index (χ1v) is 6.36. The molecule has 0 amide bonds. The molecule has 0 radical (unpaired) electrons. The molecule has 2 atom stereocenters. The van der Waals surface area contributed by atoms with Gasteiger partial charge in [0.05, 0.1) is 0 Å². The van der Waals surface area contributed by atoms with Crippen LogP contribution in [0.4, 0.5) is 0 Å². The fraction of sp³-hybridized carbons (Fsp3) is 0.571. The van der Waals surface area contributed by atoms with Crippen molar-refractivity contribution in [3.8, 4) is 0 Å². The molecule has 1 aliphatic rings. The van der Waals surface area contributed by atoms with Gasteiger partial charge in [-0.1, -0.05) is 50.1 Å². The summed E-state index contributed by atoms with van der Waals surface area (Å²) >= 11 is 0. The van der Waals surface area contributed by atoms with Gasteiger partial charge in [-0.25, -0.2) is 0 Å². The monoisotopic (exact) mass is 218 g/mol. The van der Waals surface area contributed by atoms with E-state index in [1.165, 1.54) is 24.8 Å². The average molecular weight is 218 g/mol. The number of benzene rings is 1. The highest BCUT2D eigenvalue weighted by Crippen LogP contribution is 2.37. The Labute approximate surface area is 98.2 Å². The molecule has 0 saturated heterocycles. The summed E-state index contributed by atoms with van der Waals surface area (Å²) < 4.78 is 0. The smallest absolute Gasteiger partial charge is 0.0281 e. The Bertz CT molecular complexity index is 306. The van der Waals surface area contributed by atoms with Crippen LogP contribution in [0.5, 0.6) is 0 Å². The Morgan fingerprint density at radius 3 is 2.50 bits per heavy atom. The molecule has 3 N–H and O–H groups in total. The highest BCUT2D eigenvalue weighted by Gasteiger charge is 2.29. The van der Waals surface area contributed by atoms with Gasteiger partial charge in [0.2, 0.25) is 0 Å². The number of hydrazine groups is 1. The van der Waals surface area contributed by atoms with Crippen LogP contribution < -0.4 is 11.3 Å². The van der Waals surface area contributed by atoms with E-state index in [9.17, 15) is 0 Å². The summed E-state index contributed by atoms with van der Waals surface area (Å²) in [5, 5.41) is 0. The van der Waals surface area contributed by atoms with Crippen LogP contribution in [-0.2, 0) is 0 Å². The van der Waals surface area contributed by atoms with E-state index in [0.29, 0.717) is 12.0 Å². The van der Waals surface area contributed by atoms with Crippen molar-refractivity contribution < 1.29 is 0 Å². The third kappa shape index (κ3) is 2.83. The Kier molecular flexibility index (Phi) is 3.97. The Morgan fingerprint density at radius 2 is 2.00 bits per heavy atom. The van der Waals surface area contributed by atoms with Crippen LogP contribution >= 0.6 is 0 Å². The fourth-order valence-electron chi connectivity index (χ4n) is 2.51. The van der Waals surface area contributed by atoms with Crippen LogP contribution in [0.15, 0.2) is 30.3 Å². The van der Waals surface area contributed by atoms with Gasteiger partial charge in [0.25, 0.3) is 0 Å². The summed E-state index contributed by atoms with van der Waals surface area (Å²) in [5.41, 5.74) is 4.43. The standard InChI is InChI=1S/C14H22N2/c1-2-13(12-6-4-3-5-7-12)14(16-15)10-11-8-9-11/h3-7,11,13-14,16H,2,8-10,15H2,1H3. The first-order chi connectivity index (χ1) is 7.85. The molecule has 1 saturated carbocycles. The maximum absolute atomic E-state index is 5.71. The van der Waals surface area contributed by atoms with Crippen molar-refractivity contribution in [3.63, 3.8) is 0 Å². The van der Waals surface area contributed by atoms with E-state index >= 15 is 0 Å². The molecule has 0 aromatic heterocycles. The second-order valence-corrected chi connectivity index (χ2v) is 4.88. The van der Waals surface area contributed by atoms with Gasteiger partial charge in [0.15, 0.2) is 0 Å². The number of hydrogen-bond donors (Lipinski definition) is 2. The lowest BCUT2D eigenvalue weighted by atomic mass is 9.87. The minimum absolute atomic E-state index is 0.430. The van der Waals surface area contributed by atoms with Crippen LogP contribution in [0.2, 0.25) is 0 Å². The van der Waals surface area contributed by atoms with Gasteiger partial charge in [-0.15, -0.1) is 0 Å². The van der Waals surface area contributed by atoms with Crippen LogP contribution in [-0.4, -0.2) is 6.04 Å². The lowest BCUT2D eigenvalue weighted by Gasteiger charge is -2.26. The van der Waals surface area contributed by atoms with Crippen LogP contribution in [0.1, 0.15) is 44.1 Å². The fourth-order valence-corrected chi connectivity index (χ4v) is 2.51. The molecule has 2 rings (SSSR count). The lowest BCUT2D eigenvalue weighted by Crippen LogP contribution is -2.40. The Hall–Kier alpha value is -0.860. The second-order valence-electron chi connectivity index (χ2n) is 4.88. The number of rotatable bonds is 6. The van der Waals surface area contributed by atoms with Gasteiger partial charge in [0.1, 0.15) is 0 Å². The zero-order chi connectivity index (χ0) is 11.4. The molecule has 0 aliphatic heterocycles. The Morgan fingerprint density at radius 1 is 1.31 bits per heavy atom. The van der Waals surface area contributed by atoms with Gasteiger partial charge in [0, 0.05) is 12.0 Å². The molecule has 0 bridgehead atoms. The van der Waals surface area contributed by atoms with Crippen molar-refractivity contribution in [1.82, 2.24) is 5.43 Å². The quantitative estimate of drug-likeness (QED) is 0.569. The van der Waals surface area contributed by atoms with Crippen LogP contribution in [0.25, 0.3) is 0 Å². The summed E-state index contributed by atoms with van der Waals surface area (Å²) in [7, 11) is 0. The minimum Gasteiger partial charge on any atom is -0.271 e. The van der Waals surface area contributed by atoms with Gasteiger partial charge in [-0.2, -0.15) is 0 Å². The van der Waals surface area contributed by atoms with E-state index in [-0.39, 0.29) is 0 Å². The average Bonchev–Trinajstić information content (AvgIpc) is 3.14.